The summed E-state index contributed by atoms with van der Waals surface area (Å²) in [6.07, 6.45) is 0.865. The van der Waals surface area contributed by atoms with Crippen molar-refractivity contribution in [3.63, 3.8) is 0 Å². The lowest BCUT2D eigenvalue weighted by molar-refractivity contribution is -0.157. The number of thiophene rings is 1. The van der Waals surface area contributed by atoms with Crippen molar-refractivity contribution in [2.75, 3.05) is 0 Å². The Balaban J connectivity index is 2.28. The van der Waals surface area contributed by atoms with Crippen molar-refractivity contribution in [3.8, 4) is 0 Å². The number of hydrogen-bond donors (Lipinski definition) is 1. The number of nitrogens with zero attached hydrogens (tertiary/aromatic N) is 1. The molecule has 2 amide bonds. The molecule has 4 nitrogen and oxygen atoms in total. The number of nitrogens with one attached hydrogen (secondary N) is 1. The van der Waals surface area contributed by atoms with Crippen LogP contribution in [0.4, 0.5) is 0 Å². The van der Waals surface area contributed by atoms with Crippen LogP contribution in [0.15, 0.2) is 17.5 Å². The second-order valence-corrected chi connectivity index (χ2v) is 6.93. The fraction of sp³-hybridized carbons (Fsp3) is 0.600. The third-order valence-electron chi connectivity index (χ3n) is 4.16. The van der Waals surface area contributed by atoms with E-state index in [1.807, 2.05) is 31.4 Å². The fourth-order valence-electron chi connectivity index (χ4n) is 2.40. The van der Waals surface area contributed by atoms with Gasteiger partial charge < -0.3 is 10.2 Å². The summed E-state index contributed by atoms with van der Waals surface area (Å²) in [4.78, 5) is 27.9. The van der Waals surface area contributed by atoms with Gasteiger partial charge in [0.15, 0.2) is 0 Å². The quantitative estimate of drug-likeness (QED) is 0.927. The molecule has 2 heterocycles. The first-order chi connectivity index (χ1) is 9.37. The van der Waals surface area contributed by atoms with Crippen molar-refractivity contribution in [3.05, 3.63) is 22.4 Å². The first-order valence-electron chi connectivity index (χ1n) is 7.02. The second-order valence-electron chi connectivity index (χ2n) is 5.90. The summed E-state index contributed by atoms with van der Waals surface area (Å²) < 4.78 is 0. The lowest BCUT2D eigenvalue weighted by Crippen LogP contribution is -2.69. The molecular weight excluding hydrogens is 272 g/mol. The van der Waals surface area contributed by atoms with Gasteiger partial charge in [-0.25, -0.2) is 0 Å². The van der Waals surface area contributed by atoms with Crippen LogP contribution >= 0.6 is 11.3 Å². The average molecular weight is 294 g/mol. The molecule has 1 aromatic heterocycles. The molecule has 1 aromatic rings. The molecule has 0 spiro atoms. The molecule has 1 aliphatic rings. The molecule has 2 unspecified atom stereocenters. The lowest BCUT2D eigenvalue weighted by atomic mass is 9.89. The highest BCUT2D eigenvalue weighted by Crippen LogP contribution is 2.27. The van der Waals surface area contributed by atoms with Crippen LogP contribution < -0.4 is 5.32 Å². The van der Waals surface area contributed by atoms with Gasteiger partial charge in [0, 0.05) is 4.88 Å². The molecule has 1 N–H and O–H groups in total. The van der Waals surface area contributed by atoms with Crippen LogP contribution in [0.3, 0.4) is 0 Å². The van der Waals surface area contributed by atoms with E-state index in [0.717, 1.165) is 11.3 Å². The third kappa shape index (κ3) is 2.59. The van der Waals surface area contributed by atoms with Gasteiger partial charge in [0.25, 0.3) is 0 Å². The van der Waals surface area contributed by atoms with Crippen molar-refractivity contribution >= 4 is 23.2 Å². The van der Waals surface area contributed by atoms with Gasteiger partial charge in [-0.1, -0.05) is 26.3 Å². The summed E-state index contributed by atoms with van der Waals surface area (Å²) in [5, 5.41) is 4.88. The molecular formula is C15H22N2O2S. The Kier molecular flexibility index (Phi) is 4.18. The largest absolute Gasteiger partial charge is 0.342 e. The number of carbonyl (C=O) groups is 2. The summed E-state index contributed by atoms with van der Waals surface area (Å²) in [6, 6.07) is 3.56. The zero-order chi connectivity index (χ0) is 14.9. The van der Waals surface area contributed by atoms with Crippen molar-refractivity contribution in [1.82, 2.24) is 10.2 Å². The van der Waals surface area contributed by atoms with E-state index in [2.05, 4.69) is 5.32 Å². The van der Waals surface area contributed by atoms with Gasteiger partial charge in [0.1, 0.15) is 11.6 Å². The van der Waals surface area contributed by atoms with E-state index in [1.54, 1.807) is 30.1 Å². The zero-order valence-electron chi connectivity index (χ0n) is 12.5. The third-order valence-corrected chi connectivity index (χ3v) is 5.02. The number of amides is 2. The molecule has 1 aliphatic heterocycles. The minimum absolute atomic E-state index is 0.0253. The molecule has 0 bridgehead atoms. The maximum absolute atomic E-state index is 12.7. The van der Waals surface area contributed by atoms with E-state index >= 15 is 0 Å². The van der Waals surface area contributed by atoms with Gasteiger partial charge >= 0.3 is 0 Å². The highest BCUT2D eigenvalue weighted by atomic mass is 32.1. The number of carbonyl (C=O) groups excluding carboxylic acids is 2. The van der Waals surface area contributed by atoms with Gasteiger partial charge in [-0.15, -0.1) is 11.3 Å². The standard InChI is InChI=1S/C15H22N2O2S/c1-5-10(2)12-13(18)17(9-11-7-6-8-20-11)15(3,4)14(19)16-12/h6-8,10,12H,5,9H2,1-4H3,(H,16,19). The van der Waals surface area contributed by atoms with Crippen molar-refractivity contribution < 1.29 is 9.59 Å². The molecule has 2 rings (SSSR count). The van der Waals surface area contributed by atoms with Crippen LogP contribution in [-0.2, 0) is 16.1 Å². The predicted octanol–water partition coefficient (Wildman–Crippen LogP) is 2.40. The van der Waals surface area contributed by atoms with Gasteiger partial charge in [-0.2, -0.15) is 0 Å². The number of rotatable bonds is 4. The Bertz CT molecular complexity index is 496. The highest BCUT2D eigenvalue weighted by Gasteiger charge is 2.47. The molecule has 1 fully saturated rings. The summed E-state index contributed by atoms with van der Waals surface area (Å²) >= 11 is 1.61. The summed E-state index contributed by atoms with van der Waals surface area (Å²) in [7, 11) is 0. The topological polar surface area (TPSA) is 49.4 Å². The lowest BCUT2D eigenvalue weighted by Gasteiger charge is -2.45. The molecule has 0 radical (unpaired) electrons. The average Bonchev–Trinajstić information content (AvgIpc) is 2.91. The SMILES string of the molecule is CCC(C)C1NC(=O)C(C)(C)N(Cc2cccs2)C1=O. The maximum Gasteiger partial charge on any atom is 0.246 e. The molecule has 110 valence electrons. The Morgan fingerprint density at radius 1 is 1.45 bits per heavy atom. The molecule has 0 aromatic carbocycles. The van der Waals surface area contributed by atoms with Crippen LogP contribution in [0.1, 0.15) is 39.0 Å². The molecule has 2 atom stereocenters. The Morgan fingerprint density at radius 3 is 2.70 bits per heavy atom. The second kappa shape index (κ2) is 5.56. The Hall–Kier alpha value is -1.36. The highest BCUT2D eigenvalue weighted by molar-refractivity contribution is 7.09. The van der Waals surface area contributed by atoms with E-state index in [4.69, 9.17) is 0 Å². The molecule has 0 saturated carbocycles. The van der Waals surface area contributed by atoms with Crippen LogP contribution in [-0.4, -0.2) is 28.3 Å². The van der Waals surface area contributed by atoms with Gasteiger partial charge in [0.05, 0.1) is 6.54 Å². The summed E-state index contributed by atoms with van der Waals surface area (Å²) in [5.74, 6) is 0.102. The first-order valence-corrected chi connectivity index (χ1v) is 7.90. The molecule has 20 heavy (non-hydrogen) atoms. The number of piperazine rings is 1. The van der Waals surface area contributed by atoms with Crippen molar-refractivity contribution in [2.45, 2.75) is 52.2 Å². The molecule has 5 heteroatoms. The smallest absolute Gasteiger partial charge is 0.246 e. The predicted molar refractivity (Wildman–Crippen MR) is 80.3 cm³/mol. The van der Waals surface area contributed by atoms with E-state index < -0.39 is 11.6 Å². The fourth-order valence-corrected chi connectivity index (χ4v) is 3.09. The van der Waals surface area contributed by atoms with Gasteiger partial charge in [-0.05, 0) is 31.2 Å². The van der Waals surface area contributed by atoms with E-state index in [1.165, 1.54) is 0 Å². The van der Waals surface area contributed by atoms with Crippen LogP contribution in [0, 0.1) is 5.92 Å². The molecule has 1 saturated heterocycles. The minimum atomic E-state index is -0.801. The van der Waals surface area contributed by atoms with Crippen LogP contribution in [0.5, 0.6) is 0 Å². The van der Waals surface area contributed by atoms with Crippen LogP contribution in [0.2, 0.25) is 0 Å². The number of hydrogen-bond acceptors (Lipinski definition) is 3. The van der Waals surface area contributed by atoms with Crippen molar-refractivity contribution in [1.29, 1.82) is 0 Å². The summed E-state index contributed by atoms with van der Waals surface area (Å²) in [6.45, 7) is 8.16. The molecule has 0 aliphatic carbocycles. The van der Waals surface area contributed by atoms with E-state index in [0.29, 0.717) is 6.54 Å². The summed E-state index contributed by atoms with van der Waals surface area (Å²) in [5.41, 5.74) is -0.801. The van der Waals surface area contributed by atoms with E-state index in [-0.39, 0.29) is 17.7 Å². The zero-order valence-corrected chi connectivity index (χ0v) is 13.3. The Labute approximate surface area is 124 Å². The maximum atomic E-state index is 12.7. The normalized spacial score (nSPS) is 23.6. The Morgan fingerprint density at radius 2 is 2.15 bits per heavy atom. The van der Waals surface area contributed by atoms with Gasteiger partial charge in [-0.3, -0.25) is 9.59 Å². The van der Waals surface area contributed by atoms with Crippen LogP contribution in [0.25, 0.3) is 0 Å². The monoisotopic (exact) mass is 294 g/mol. The van der Waals surface area contributed by atoms with Crippen molar-refractivity contribution in [2.24, 2.45) is 5.92 Å². The first kappa shape index (κ1) is 15.0. The van der Waals surface area contributed by atoms with Gasteiger partial charge in [0.2, 0.25) is 11.8 Å². The minimum Gasteiger partial charge on any atom is -0.342 e. The van der Waals surface area contributed by atoms with E-state index in [9.17, 15) is 9.59 Å².